The first-order chi connectivity index (χ1) is 8.22. The summed E-state index contributed by atoms with van der Waals surface area (Å²) < 4.78 is 18.5. The molecule has 0 spiro atoms. The lowest BCUT2D eigenvalue weighted by atomic mass is 9.94. The van der Waals surface area contributed by atoms with Gasteiger partial charge in [-0.25, -0.2) is 4.39 Å². The van der Waals surface area contributed by atoms with Gasteiger partial charge in [-0.15, -0.1) is 0 Å². The zero-order valence-electron chi connectivity index (χ0n) is 10.1. The first-order valence-corrected chi connectivity index (χ1v) is 6.03. The Balaban J connectivity index is 2.03. The number of ether oxygens (including phenoxy) is 1. The number of rotatable bonds is 5. The Morgan fingerprint density at radius 2 is 2.41 bits per heavy atom. The van der Waals surface area contributed by atoms with Gasteiger partial charge < -0.3 is 10.1 Å². The maximum Gasteiger partial charge on any atom is 0.126 e. The van der Waals surface area contributed by atoms with E-state index in [0.717, 1.165) is 30.6 Å². The number of halogens is 1. The van der Waals surface area contributed by atoms with Gasteiger partial charge in [0.1, 0.15) is 11.6 Å². The van der Waals surface area contributed by atoms with Crippen LogP contribution in [-0.2, 0) is 0 Å². The van der Waals surface area contributed by atoms with Gasteiger partial charge in [0.05, 0.1) is 6.61 Å². The molecule has 0 aromatic heterocycles. The standard InChI is InChI=1S/C14H18FNO/c1-3-6-16-8-10(2)13-9-17-14-7-11(15)4-5-12(13)14/h4-5,7,13,16H,2-3,6,8-9H2,1H3/t13-/m0/s1. The maximum atomic E-state index is 13.0. The van der Waals surface area contributed by atoms with Crippen LogP contribution in [0.5, 0.6) is 5.75 Å². The van der Waals surface area contributed by atoms with Crippen molar-refractivity contribution in [3.63, 3.8) is 0 Å². The largest absolute Gasteiger partial charge is 0.492 e. The highest BCUT2D eigenvalue weighted by atomic mass is 19.1. The summed E-state index contributed by atoms with van der Waals surface area (Å²) in [5.41, 5.74) is 2.15. The normalized spacial score (nSPS) is 17.6. The van der Waals surface area contributed by atoms with E-state index < -0.39 is 0 Å². The van der Waals surface area contributed by atoms with Crippen LogP contribution in [0, 0.1) is 5.82 Å². The van der Waals surface area contributed by atoms with E-state index in [0.29, 0.717) is 12.4 Å². The van der Waals surface area contributed by atoms with E-state index in [1.165, 1.54) is 12.1 Å². The topological polar surface area (TPSA) is 21.3 Å². The molecule has 0 fully saturated rings. The van der Waals surface area contributed by atoms with Crippen molar-refractivity contribution in [3.05, 3.63) is 41.7 Å². The molecule has 3 heteroatoms. The molecule has 0 unspecified atom stereocenters. The van der Waals surface area contributed by atoms with E-state index in [9.17, 15) is 4.39 Å². The van der Waals surface area contributed by atoms with E-state index in [4.69, 9.17) is 4.74 Å². The van der Waals surface area contributed by atoms with Crippen molar-refractivity contribution in [2.24, 2.45) is 0 Å². The summed E-state index contributed by atoms with van der Waals surface area (Å²) in [6.07, 6.45) is 1.11. The van der Waals surface area contributed by atoms with Gasteiger partial charge in [0.25, 0.3) is 0 Å². The predicted molar refractivity (Wildman–Crippen MR) is 66.9 cm³/mol. The van der Waals surface area contributed by atoms with Gasteiger partial charge in [-0.05, 0) is 19.0 Å². The molecule has 0 radical (unpaired) electrons. The van der Waals surface area contributed by atoms with Gasteiger partial charge in [0.2, 0.25) is 0 Å². The molecule has 1 atom stereocenters. The summed E-state index contributed by atoms with van der Waals surface area (Å²) in [6.45, 7) is 8.58. The number of fused-ring (bicyclic) bond motifs is 1. The third-order valence-electron chi connectivity index (χ3n) is 3.03. The molecule has 1 aliphatic heterocycles. The van der Waals surface area contributed by atoms with Crippen molar-refractivity contribution in [3.8, 4) is 5.75 Å². The summed E-state index contributed by atoms with van der Waals surface area (Å²) in [5, 5.41) is 3.32. The summed E-state index contributed by atoms with van der Waals surface area (Å²) in [6, 6.07) is 4.72. The average molecular weight is 235 g/mol. The quantitative estimate of drug-likeness (QED) is 0.626. The van der Waals surface area contributed by atoms with Gasteiger partial charge in [-0.2, -0.15) is 0 Å². The average Bonchev–Trinajstić information content (AvgIpc) is 2.72. The highest BCUT2D eigenvalue weighted by Crippen LogP contribution is 2.37. The number of hydrogen-bond donors (Lipinski definition) is 1. The summed E-state index contributed by atoms with van der Waals surface area (Å²) in [7, 11) is 0. The van der Waals surface area contributed by atoms with Crippen molar-refractivity contribution >= 4 is 0 Å². The molecule has 0 aliphatic carbocycles. The fourth-order valence-corrected chi connectivity index (χ4v) is 2.07. The van der Waals surface area contributed by atoms with Crippen molar-refractivity contribution in [2.45, 2.75) is 19.3 Å². The molecule has 1 N–H and O–H groups in total. The lowest BCUT2D eigenvalue weighted by Gasteiger charge is -2.13. The molecule has 1 aromatic carbocycles. The van der Waals surface area contributed by atoms with E-state index in [-0.39, 0.29) is 11.7 Å². The predicted octanol–water partition coefficient (Wildman–Crippen LogP) is 2.86. The van der Waals surface area contributed by atoms with E-state index in [1.54, 1.807) is 6.07 Å². The van der Waals surface area contributed by atoms with Gasteiger partial charge in [0.15, 0.2) is 0 Å². The number of benzene rings is 1. The second-order valence-electron chi connectivity index (χ2n) is 4.38. The zero-order chi connectivity index (χ0) is 12.3. The smallest absolute Gasteiger partial charge is 0.126 e. The molecule has 2 rings (SSSR count). The van der Waals surface area contributed by atoms with Crippen LogP contribution < -0.4 is 10.1 Å². The summed E-state index contributed by atoms with van der Waals surface area (Å²) in [5.74, 6) is 0.598. The Labute approximate surface area is 101 Å². The molecule has 92 valence electrons. The van der Waals surface area contributed by atoms with Crippen LogP contribution in [0.3, 0.4) is 0 Å². The monoisotopic (exact) mass is 235 g/mol. The second-order valence-corrected chi connectivity index (χ2v) is 4.38. The second kappa shape index (κ2) is 5.32. The Hall–Kier alpha value is -1.35. The van der Waals surface area contributed by atoms with Crippen molar-refractivity contribution < 1.29 is 9.13 Å². The van der Waals surface area contributed by atoms with Crippen LogP contribution in [0.15, 0.2) is 30.4 Å². The molecule has 2 nitrogen and oxygen atoms in total. The first kappa shape index (κ1) is 12.1. The molecular weight excluding hydrogens is 217 g/mol. The minimum atomic E-state index is -0.251. The first-order valence-electron chi connectivity index (χ1n) is 6.03. The fourth-order valence-electron chi connectivity index (χ4n) is 2.07. The molecular formula is C14H18FNO. The minimum absolute atomic E-state index is 0.190. The van der Waals surface area contributed by atoms with Crippen LogP contribution in [-0.4, -0.2) is 19.7 Å². The van der Waals surface area contributed by atoms with E-state index >= 15 is 0 Å². The van der Waals surface area contributed by atoms with Gasteiger partial charge >= 0.3 is 0 Å². The third-order valence-corrected chi connectivity index (χ3v) is 3.03. The lowest BCUT2D eigenvalue weighted by molar-refractivity contribution is 0.339. The van der Waals surface area contributed by atoms with Crippen molar-refractivity contribution in [2.75, 3.05) is 19.7 Å². The summed E-state index contributed by atoms with van der Waals surface area (Å²) in [4.78, 5) is 0. The van der Waals surface area contributed by atoms with Crippen LogP contribution in [0.25, 0.3) is 0 Å². The molecule has 0 saturated carbocycles. The SMILES string of the molecule is C=C(CNCCC)[C@@H]1COc2cc(F)ccc21. The fraction of sp³-hybridized carbons (Fsp3) is 0.429. The number of nitrogens with one attached hydrogen (secondary N) is 1. The molecule has 0 saturated heterocycles. The minimum Gasteiger partial charge on any atom is -0.492 e. The number of hydrogen-bond acceptors (Lipinski definition) is 2. The van der Waals surface area contributed by atoms with Crippen LogP contribution in [0.1, 0.15) is 24.8 Å². The maximum absolute atomic E-state index is 13.0. The highest BCUT2D eigenvalue weighted by molar-refractivity contribution is 5.44. The molecule has 0 amide bonds. The van der Waals surface area contributed by atoms with Crippen molar-refractivity contribution in [1.82, 2.24) is 5.32 Å². The Morgan fingerprint density at radius 1 is 1.59 bits per heavy atom. The molecule has 1 aliphatic rings. The molecule has 1 aromatic rings. The Bertz CT molecular complexity index is 417. The van der Waals surface area contributed by atoms with Gasteiger partial charge in [-0.3, -0.25) is 0 Å². The molecule has 17 heavy (non-hydrogen) atoms. The Kier molecular flexibility index (Phi) is 3.79. The van der Waals surface area contributed by atoms with Gasteiger partial charge in [-0.1, -0.05) is 25.1 Å². The van der Waals surface area contributed by atoms with E-state index in [1.807, 2.05) is 0 Å². The third kappa shape index (κ3) is 2.67. The van der Waals surface area contributed by atoms with Crippen LogP contribution in [0.2, 0.25) is 0 Å². The Morgan fingerprint density at radius 3 is 3.18 bits per heavy atom. The highest BCUT2D eigenvalue weighted by Gasteiger charge is 2.26. The lowest BCUT2D eigenvalue weighted by Crippen LogP contribution is -2.21. The van der Waals surface area contributed by atoms with Gasteiger partial charge in [0, 0.05) is 24.1 Å². The van der Waals surface area contributed by atoms with Crippen LogP contribution >= 0.6 is 0 Å². The molecule has 0 bridgehead atoms. The van der Waals surface area contributed by atoms with Crippen LogP contribution in [0.4, 0.5) is 4.39 Å². The van der Waals surface area contributed by atoms with Crippen molar-refractivity contribution in [1.29, 1.82) is 0 Å². The summed E-state index contributed by atoms with van der Waals surface area (Å²) >= 11 is 0. The molecule has 1 heterocycles. The zero-order valence-corrected chi connectivity index (χ0v) is 10.1. The van der Waals surface area contributed by atoms with E-state index in [2.05, 4.69) is 18.8 Å².